The number of ether oxygens (including phenoxy) is 2. The van der Waals surface area contributed by atoms with Gasteiger partial charge in [-0.2, -0.15) is 0 Å². The fraction of sp³-hybridized carbons (Fsp3) is 0.611. The minimum atomic E-state index is -0.253. The second-order valence-corrected chi connectivity index (χ2v) is 5.73. The highest BCUT2D eigenvalue weighted by Crippen LogP contribution is 2.18. The van der Waals surface area contributed by atoms with E-state index in [0.29, 0.717) is 6.42 Å². The molecule has 118 valence electrons. The highest BCUT2D eigenvalue weighted by molar-refractivity contribution is 5.50. The summed E-state index contributed by atoms with van der Waals surface area (Å²) in [6.45, 7) is 8.19. The molecular formula is C18H28O3. The predicted octanol–water partition coefficient (Wildman–Crippen LogP) is 4.20. The minimum absolute atomic E-state index is 0.0510. The van der Waals surface area contributed by atoms with Gasteiger partial charge in [-0.3, -0.25) is 0 Å². The molecule has 21 heavy (non-hydrogen) atoms. The van der Waals surface area contributed by atoms with Gasteiger partial charge in [0, 0.05) is 6.42 Å². The van der Waals surface area contributed by atoms with Crippen molar-refractivity contribution in [1.29, 1.82) is 0 Å². The van der Waals surface area contributed by atoms with Crippen molar-refractivity contribution in [3.8, 4) is 0 Å². The lowest BCUT2D eigenvalue weighted by molar-refractivity contribution is -0.154. The fourth-order valence-corrected chi connectivity index (χ4v) is 2.17. The molecule has 1 heterocycles. The van der Waals surface area contributed by atoms with Crippen LogP contribution in [0.15, 0.2) is 36.0 Å². The molecule has 0 aromatic carbocycles. The van der Waals surface area contributed by atoms with Crippen molar-refractivity contribution in [2.45, 2.75) is 65.5 Å². The maximum absolute atomic E-state index is 10.5. The van der Waals surface area contributed by atoms with Crippen LogP contribution in [0.4, 0.5) is 0 Å². The lowest BCUT2D eigenvalue weighted by Gasteiger charge is -2.25. The van der Waals surface area contributed by atoms with Crippen LogP contribution in [0.5, 0.6) is 0 Å². The van der Waals surface area contributed by atoms with Crippen molar-refractivity contribution in [1.82, 2.24) is 0 Å². The zero-order chi connectivity index (χ0) is 15.7. The number of carbonyl (C=O) groups is 1. The van der Waals surface area contributed by atoms with Crippen LogP contribution < -0.4 is 0 Å². The Kier molecular flexibility index (Phi) is 8.24. The third-order valence-electron chi connectivity index (χ3n) is 3.28. The summed E-state index contributed by atoms with van der Waals surface area (Å²) < 4.78 is 11.5. The molecule has 0 saturated heterocycles. The second kappa shape index (κ2) is 9.69. The first-order valence-electron chi connectivity index (χ1n) is 7.85. The molecule has 0 aromatic heterocycles. The van der Waals surface area contributed by atoms with Crippen LogP contribution in [0.25, 0.3) is 0 Å². The van der Waals surface area contributed by atoms with E-state index < -0.39 is 0 Å². The van der Waals surface area contributed by atoms with Gasteiger partial charge in [-0.25, -0.2) is 0 Å². The van der Waals surface area contributed by atoms with Gasteiger partial charge in [-0.1, -0.05) is 43.7 Å². The average molecular weight is 292 g/mol. The summed E-state index contributed by atoms with van der Waals surface area (Å²) in [5, 5.41) is 0. The van der Waals surface area contributed by atoms with E-state index in [9.17, 15) is 4.79 Å². The quantitative estimate of drug-likeness (QED) is 0.382. The Labute approximate surface area is 128 Å². The maximum atomic E-state index is 10.5. The predicted molar refractivity (Wildman–Crippen MR) is 86.0 cm³/mol. The standard InChI is InChI=1S/C18H28O3/c1-5-16(13-15(4)11-12-19)9-10-17-7-6-8-18(21-17)20-14(2)3/h6,8-10,12-15,17-18H,5,7,11H2,1-4H3/b10-9+,16-13-/t15-,17+,18?/m0/s1. The SMILES string of the molecule is CCC(=C/[C@@H](C)CC=O)/C=C/[C@H]1CC=CC(OC(C)C)O1. The number of carbonyl (C=O) groups excluding carboxylic acids is 1. The van der Waals surface area contributed by atoms with Crippen LogP contribution in [0.1, 0.15) is 47.0 Å². The molecule has 3 nitrogen and oxygen atoms in total. The Morgan fingerprint density at radius 3 is 2.81 bits per heavy atom. The molecule has 3 atom stereocenters. The van der Waals surface area contributed by atoms with Crippen LogP contribution in [0.2, 0.25) is 0 Å². The van der Waals surface area contributed by atoms with E-state index in [1.54, 1.807) is 0 Å². The van der Waals surface area contributed by atoms with Crippen molar-refractivity contribution >= 4 is 6.29 Å². The van der Waals surface area contributed by atoms with Gasteiger partial charge >= 0.3 is 0 Å². The van der Waals surface area contributed by atoms with Gasteiger partial charge in [0.15, 0.2) is 6.29 Å². The molecule has 0 bridgehead atoms. The summed E-state index contributed by atoms with van der Waals surface area (Å²) in [6, 6.07) is 0. The Hall–Kier alpha value is -1.19. The highest BCUT2D eigenvalue weighted by atomic mass is 16.7. The monoisotopic (exact) mass is 292 g/mol. The third-order valence-corrected chi connectivity index (χ3v) is 3.28. The summed E-state index contributed by atoms with van der Waals surface area (Å²) in [4.78, 5) is 10.5. The molecule has 1 unspecified atom stereocenters. The maximum Gasteiger partial charge on any atom is 0.177 e. The van der Waals surface area contributed by atoms with Gasteiger partial charge in [0.2, 0.25) is 0 Å². The van der Waals surface area contributed by atoms with E-state index in [4.69, 9.17) is 9.47 Å². The fourth-order valence-electron chi connectivity index (χ4n) is 2.17. The molecule has 0 fully saturated rings. The van der Waals surface area contributed by atoms with Crippen LogP contribution in [0, 0.1) is 5.92 Å². The largest absolute Gasteiger partial charge is 0.346 e. The summed E-state index contributed by atoms with van der Waals surface area (Å²) in [5.41, 5.74) is 1.24. The first kappa shape index (κ1) is 17.9. The molecule has 1 aliphatic heterocycles. The lowest BCUT2D eigenvalue weighted by Crippen LogP contribution is -2.27. The normalized spacial score (nSPS) is 24.7. The Balaban J connectivity index is 2.58. The zero-order valence-corrected chi connectivity index (χ0v) is 13.6. The molecule has 0 aromatic rings. The van der Waals surface area contributed by atoms with E-state index in [2.05, 4.69) is 38.2 Å². The first-order chi connectivity index (χ1) is 10.0. The Bertz CT molecular complexity index is 393. The molecule has 0 spiro atoms. The van der Waals surface area contributed by atoms with Crippen LogP contribution in [-0.2, 0) is 14.3 Å². The van der Waals surface area contributed by atoms with Crippen molar-refractivity contribution < 1.29 is 14.3 Å². The number of rotatable bonds is 8. The summed E-state index contributed by atoms with van der Waals surface area (Å²) in [7, 11) is 0. The van der Waals surface area contributed by atoms with E-state index in [0.717, 1.165) is 19.1 Å². The van der Waals surface area contributed by atoms with Crippen LogP contribution in [0.3, 0.4) is 0 Å². The van der Waals surface area contributed by atoms with Gasteiger partial charge in [-0.15, -0.1) is 0 Å². The van der Waals surface area contributed by atoms with Gasteiger partial charge < -0.3 is 14.3 Å². The molecule has 0 saturated carbocycles. The molecule has 0 amide bonds. The number of hydrogen-bond acceptors (Lipinski definition) is 3. The molecule has 3 heteroatoms. The topological polar surface area (TPSA) is 35.5 Å². The number of allylic oxidation sites excluding steroid dienone is 3. The van der Waals surface area contributed by atoms with E-state index in [1.807, 2.05) is 19.9 Å². The second-order valence-electron chi connectivity index (χ2n) is 5.73. The molecule has 0 radical (unpaired) electrons. The molecule has 1 rings (SSSR count). The number of hydrogen-bond donors (Lipinski definition) is 0. The smallest absolute Gasteiger partial charge is 0.177 e. The average Bonchev–Trinajstić information content (AvgIpc) is 2.43. The molecular weight excluding hydrogens is 264 g/mol. The van der Waals surface area contributed by atoms with E-state index in [1.165, 1.54) is 5.57 Å². The number of aldehydes is 1. The van der Waals surface area contributed by atoms with Gasteiger partial charge in [-0.05, 0) is 38.7 Å². The van der Waals surface area contributed by atoms with Crippen LogP contribution >= 0.6 is 0 Å². The Morgan fingerprint density at radius 2 is 2.19 bits per heavy atom. The zero-order valence-electron chi connectivity index (χ0n) is 13.6. The lowest BCUT2D eigenvalue weighted by atomic mass is 10.0. The minimum Gasteiger partial charge on any atom is -0.346 e. The summed E-state index contributed by atoms with van der Waals surface area (Å²) >= 11 is 0. The van der Waals surface area contributed by atoms with Crippen molar-refractivity contribution in [3.05, 3.63) is 36.0 Å². The highest BCUT2D eigenvalue weighted by Gasteiger charge is 2.17. The Morgan fingerprint density at radius 1 is 1.43 bits per heavy atom. The van der Waals surface area contributed by atoms with Crippen molar-refractivity contribution in [3.63, 3.8) is 0 Å². The van der Waals surface area contributed by atoms with E-state index >= 15 is 0 Å². The van der Waals surface area contributed by atoms with Gasteiger partial charge in [0.25, 0.3) is 0 Å². The molecule has 0 aliphatic carbocycles. The first-order valence-corrected chi connectivity index (χ1v) is 7.85. The summed E-state index contributed by atoms with van der Waals surface area (Å²) in [6.07, 6.45) is 13.7. The van der Waals surface area contributed by atoms with Crippen molar-refractivity contribution in [2.24, 2.45) is 5.92 Å². The molecule has 1 aliphatic rings. The van der Waals surface area contributed by atoms with Gasteiger partial charge in [0.1, 0.15) is 6.29 Å². The van der Waals surface area contributed by atoms with Crippen LogP contribution in [-0.4, -0.2) is 24.8 Å². The van der Waals surface area contributed by atoms with Crippen molar-refractivity contribution in [2.75, 3.05) is 0 Å². The molecule has 0 N–H and O–H groups in total. The van der Waals surface area contributed by atoms with Gasteiger partial charge in [0.05, 0.1) is 12.2 Å². The van der Waals surface area contributed by atoms with E-state index in [-0.39, 0.29) is 24.4 Å². The third kappa shape index (κ3) is 7.39. The summed E-state index contributed by atoms with van der Waals surface area (Å²) in [5.74, 6) is 0.284.